The van der Waals surface area contributed by atoms with Crippen molar-refractivity contribution in [1.29, 1.82) is 0 Å². The van der Waals surface area contributed by atoms with Gasteiger partial charge < -0.3 is 5.73 Å². The highest BCUT2D eigenvalue weighted by atomic mass is 16.1. The van der Waals surface area contributed by atoms with E-state index in [0.717, 1.165) is 0 Å². The Morgan fingerprint density at radius 2 is 2.25 bits per heavy atom. The molecule has 0 aliphatic carbocycles. The van der Waals surface area contributed by atoms with E-state index < -0.39 is 0 Å². The Balaban J connectivity index is 3.46. The second-order valence-electron chi connectivity index (χ2n) is 1.96. The molecule has 0 saturated carbocycles. The molecule has 0 aliphatic heterocycles. The van der Waals surface area contributed by atoms with Crippen LogP contribution in [0, 0.1) is 5.92 Å². The molecule has 0 saturated heterocycles. The van der Waals surface area contributed by atoms with Gasteiger partial charge in [-0.25, -0.2) is 0 Å². The summed E-state index contributed by atoms with van der Waals surface area (Å²) in [5, 5.41) is 0. The van der Waals surface area contributed by atoms with Crippen molar-refractivity contribution in [2.75, 3.05) is 6.54 Å². The topological polar surface area (TPSA) is 43.1 Å². The van der Waals surface area contributed by atoms with E-state index >= 15 is 0 Å². The van der Waals surface area contributed by atoms with Crippen molar-refractivity contribution in [2.24, 2.45) is 11.7 Å². The van der Waals surface area contributed by atoms with Crippen molar-refractivity contribution in [2.45, 2.75) is 20.3 Å². The second kappa shape index (κ2) is 3.61. The summed E-state index contributed by atoms with van der Waals surface area (Å²) in [6.45, 7) is 4.19. The van der Waals surface area contributed by atoms with Crippen LogP contribution in [0.25, 0.3) is 0 Å². The zero-order valence-corrected chi connectivity index (χ0v) is 5.48. The van der Waals surface area contributed by atoms with Crippen molar-refractivity contribution >= 4 is 5.78 Å². The summed E-state index contributed by atoms with van der Waals surface area (Å²) in [5.74, 6) is 0.313. The molecule has 2 N–H and O–H groups in total. The molecule has 0 aromatic carbocycles. The predicted octanol–water partition coefficient (Wildman–Crippen LogP) is 0.560. The Kier molecular flexibility index (Phi) is 3.44. The largest absolute Gasteiger partial charge is 0.330 e. The Bertz CT molecular complexity index is 80.6. The van der Waals surface area contributed by atoms with Gasteiger partial charge in [-0.05, 0) is 0 Å². The minimum Gasteiger partial charge on any atom is -0.330 e. The Hall–Kier alpha value is -0.370. The predicted molar refractivity (Wildman–Crippen MR) is 33.5 cm³/mol. The quantitative estimate of drug-likeness (QED) is 0.584. The third kappa shape index (κ3) is 2.07. The van der Waals surface area contributed by atoms with Crippen LogP contribution in [0.2, 0.25) is 0 Å². The average Bonchev–Trinajstić information content (AvgIpc) is 1.84. The molecule has 0 bridgehead atoms. The molecular formula is C6H13NO. The first kappa shape index (κ1) is 7.63. The SMILES string of the molecule is CCC(=O)[C@@H](C)CN. The molecule has 2 nitrogen and oxygen atoms in total. The lowest BCUT2D eigenvalue weighted by molar-refractivity contribution is -0.121. The maximum absolute atomic E-state index is 10.7. The minimum absolute atomic E-state index is 0.0556. The highest BCUT2D eigenvalue weighted by Gasteiger charge is 2.06. The van der Waals surface area contributed by atoms with E-state index in [2.05, 4.69) is 0 Å². The molecule has 8 heavy (non-hydrogen) atoms. The first-order valence-electron chi connectivity index (χ1n) is 2.95. The van der Waals surface area contributed by atoms with Crippen LogP contribution in [0.5, 0.6) is 0 Å². The van der Waals surface area contributed by atoms with Crippen LogP contribution in [0.4, 0.5) is 0 Å². The van der Waals surface area contributed by atoms with E-state index in [4.69, 9.17) is 5.73 Å². The Morgan fingerprint density at radius 1 is 1.75 bits per heavy atom. The number of hydrogen-bond acceptors (Lipinski definition) is 2. The summed E-state index contributed by atoms with van der Waals surface area (Å²) in [6.07, 6.45) is 0.609. The van der Waals surface area contributed by atoms with E-state index in [-0.39, 0.29) is 11.7 Å². The number of carbonyl (C=O) groups is 1. The van der Waals surface area contributed by atoms with Crippen LogP contribution in [0.1, 0.15) is 20.3 Å². The fourth-order valence-electron chi connectivity index (χ4n) is 0.480. The van der Waals surface area contributed by atoms with Gasteiger partial charge in [0.2, 0.25) is 0 Å². The van der Waals surface area contributed by atoms with Crippen molar-refractivity contribution in [3.8, 4) is 0 Å². The number of carbonyl (C=O) groups excluding carboxylic acids is 1. The van der Waals surface area contributed by atoms with Crippen molar-refractivity contribution in [1.82, 2.24) is 0 Å². The maximum Gasteiger partial charge on any atom is 0.136 e. The zero-order valence-electron chi connectivity index (χ0n) is 5.48. The van der Waals surface area contributed by atoms with E-state index in [1.54, 1.807) is 0 Å². The number of ketones is 1. The zero-order chi connectivity index (χ0) is 6.57. The number of hydrogen-bond donors (Lipinski definition) is 1. The fraction of sp³-hybridized carbons (Fsp3) is 0.833. The van der Waals surface area contributed by atoms with Crippen LogP contribution in [0.3, 0.4) is 0 Å². The molecule has 0 fully saturated rings. The first-order valence-corrected chi connectivity index (χ1v) is 2.95. The molecule has 48 valence electrons. The molecule has 0 aliphatic rings. The van der Waals surface area contributed by atoms with E-state index in [9.17, 15) is 4.79 Å². The van der Waals surface area contributed by atoms with Gasteiger partial charge in [0.25, 0.3) is 0 Å². The normalized spacial score (nSPS) is 13.4. The molecule has 0 rings (SSSR count). The summed E-state index contributed by atoms with van der Waals surface area (Å²) in [5.41, 5.74) is 5.23. The lowest BCUT2D eigenvalue weighted by Gasteiger charge is -2.02. The monoisotopic (exact) mass is 115 g/mol. The van der Waals surface area contributed by atoms with Gasteiger partial charge in [0, 0.05) is 18.9 Å². The number of nitrogens with two attached hydrogens (primary N) is 1. The summed E-state index contributed by atoms with van der Waals surface area (Å²) >= 11 is 0. The van der Waals surface area contributed by atoms with Gasteiger partial charge in [0.05, 0.1) is 0 Å². The third-order valence-electron chi connectivity index (χ3n) is 1.25. The Morgan fingerprint density at radius 3 is 2.38 bits per heavy atom. The van der Waals surface area contributed by atoms with Gasteiger partial charge >= 0.3 is 0 Å². The van der Waals surface area contributed by atoms with E-state index in [0.29, 0.717) is 13.0 Å². The highest BCUT2D eigenvalue weighted by molar-refractivity contribution is 5.80. The van der Waals surface area contributed by atoms with E-state index in [1.807, 2.05) is 13.8 Å². The average molecular weight is 115 g/mol. The van der Waals surface area contributed by atoms with Gasteiger partial charge in [-0.2, -0.15) is 0 Å². The van der Waals surface area contributed by atoms with Gasteiger partial charge in [-0.15, -0.1) is 0 Å². The van der Waals surface area contributed by atoms with Gasteiger partial charge in [0.15, 0.2) is 0 Å². The Labute approximate surface area is 50.1 Å². The highest BCUT2D eigenvalue weighted by Crippen LogP contribution is 1.95. The van der Waals surface area contributed by atoms with Crippen LogP contribution < -0.4 is 5.73 Å². The summed E-state index contributed by atoms with van der Waals surface area (Å²) in [4.78, 5) is 10.7. The molecule has 0 aromatic heterocycles. The second-order valence-corrected chi connectivity index (χ2v) is 1.96. The van der Waals surface area contributed by atoms with Crippen LogP contribution in [-0.2, 0) is 4.79 Å². The van der Waals surface area contributed by atoms with Crippen molar-refractivity contribution in [3.05, 3.63) is 0 Å². The lowest BCUT2D eigenvalue weighted by atomic mass is 10.1. The van der Waals surface area contributed by atoms with Crippen molar-refractivity contribution < 1.29 is 4.79 Å². The smallest absolute Gasteiger partial charge is 0.136 e. The number of rotatable bonds is 3. The molecule has 0 aromatic rings. The molecule has 2 heteroatoms. The van der Waals surface area contributed by atoms with Crippen LogP contribution in [-0.4, -0.2) is 12.3 Å². The molecule has 1 atom stereocenters. The molecule has 0 amide bonds. The van der Waals surface area contributed by atoms with E-state index in [1.165, 1.54) is 0 Å². The summed E-state index contributed by atoms with van der Waals surface area (Å²) in [7, 11) is 0. The van der Waals surface area contributed by atoms with Gasteiger partial charge in [-0.3, -0.25) is 4.79 Å². The third-order valence-corrected chi connectivity index (χ3v) is 1.25. The lowest BCUT2D eigenvalue weighted by Crippen LogP contribution is -2.19. The molecule has 0 spiro atoms. The number of Topliss-reactive ketones (excluding diaryl/α,β-unsaturated/α-hetero) is 1. The molecular weight excluding hydrogens is 102 g/mol. The van der Waals surface area contributed by atoms with Gasteiger partial charge in [0.1, 0.15) is 5.78 Å². The molecule has 0 radical (unpaired) electrons. The maximum atomic E-state index is 10.7. The molecule has 0 heterocycles. The van der Waals surface area contributed by atoms with Crippen LogP contribution in [0.15, 0.2) is 0 Å². The van der Waals surface area contributed by atoms with Crippen LogP contribution >= 0.6 is 0 Å². The summed E-state index contributed by atoms with van der Waals surface area (Å²) < 4.78 is 0. The van der Waals surface area contributed by atoms with Crippen molar-refractivity contribution in [3.63, 3.8) is 0 Å². The summed E-state index contributed by atoms with van der Waals surface area (Å²) in [6, 6.07) is 0. The van der Waals surface area contributed by atoms with Gasteiger partial charge in [-0.1, -0.05) is 13.8 Å². The minimum atomic E-state index is 0.0556. The standard InChI is InChI=1S/C6H13NO/c1-3-6(8)5(2)4-7/h5H,3-4,7H2,1-2H3/t5-/m0/s1. The fourth-order valence-corrected chi connectivity index (χ4v) is 0.480. The first-order chi connectivity index (χ1) is 3.72. The molecule has 0 unspecified atom stereocenters.